The highest BCUT2D eigenvalue weighted by atomic mass is 16.5. The van der Waals surface area contributed by atoms with E-state index < -0.39 is 0 Å². The lowest BCUT2D eigenvalue weighted by Crippen LogP contribution is -2.32. The first-order valence-corrected chi connectivity index (χ1v) is 10.5. The minimum Gasteiger partial charge on any atom is -0.496 e. The van der Waals surface area contributed by atoms with Crippen molar-refractivity contribution in [3.8, 4) is 5.75 Å². The Balaban J connectivity index is 1.54. The molecule has 0 saturated heterocycles. The van der Waals surface area contributed by atoms with Gasteiger partial charge in [-0.25, -0.2) is 4.98 Å². The first kappa shape index (κ1) is 19.1. The summed E-state index contributed by atoms with van der Waals surface area (Å²) < 4.78 is 5.65. The molecule has 2 heterocycles. The quantitative estimate of drug-likeness (QED) is 0.459. The lowest BCUT2D eigenvalue weighted by Gasteiger charge is -2.35. The number of ether oxygens (including phenoxy) is 1. The number of methoxy groups -OCH3 is 1. The second-order valence-corrected chi connectivity index (χ2v) is 7.62. The van der Waals surface area contributed by atoms with Crippen molar-refractivity contribution in [1.29, 1.82) is 0 Å². The second kappa shape index (κ2) is 8.48. The maximum Gasteiger partial charge on any atom is 0.229 e. The third-order valence-corrected chi connectivity index (χ3v) is 5.64. The van der Waals surface area contributed by atoms with Gasteiger partial charge in [-0.15, -0.1) is 0 Å². The minimum absolute atomic E-state index is 0.278. The van der Waals surface area contributed by atoms with Crippen LogP contribution in [0.4, 0.5) is 23.1 Å². The minimum atomic E-state index is 0.278. The van der Waals surface area contributed by atoms with Gasteiger partial charge in [0.1, 0.15) is 11.6 Å². The van der Waals surface area contributed by atoms with Gasteiger partial charge in [-0.1, -0.05) is 54.6 Å². The van der Waals surface area contributed by atoms with Crippen LogP contribution in [-0.2, 0) is 6.42 Å². The van der Waals surface area contributed by atoms with Crippen molar-refractivity contribution in [3.63, 3.8) is 0 Å². The molecule has 154 valence electrons. The number of hydrogen-bond acceptors (Lipinski definition) is 5. The van der Waals surface area contributed by atoms with E-state index in [4.69, 9.17) is 9.72 Å². The number of nitrogens with zero attached hydrogens (tertiary/aromatic N) is 3. The summed E-state index contributed by atoms with van der Waals surface area (Å²) in [6.45, 7) is 0.819. The first-order chi connectivity index (χ1) is 15.3. The molecule has 0 fully saturated rings. The van der Waals surface area contributed by atoms with Gasteiger partial charge in [-0.05, 0) is 42.3 Å². The van der Waals surface area contributed by atoms with Crippen molar-refractivity contribution in [2.45, 2.75) is 12.3 Å². The molecule has 0 spiro atoms. The average Bonchev–Trinajstić information content (AvgIpc) is 2.84. The average molecular weight is 409 g/mol. The summed E-state index contributed by atoms with van der Waals surface area (Å²) in [5.41, 5.74) is 4.43. The molecule has 1 aliphatic heterocycles. The molecule has 5 nitrogen and oxygen atoms in total. The lowest BCUT2D eigenvalue weighted by molar-refractivity contribution is 0.404. The molecule has 31 heavy (non-hydrogen) atoms. The van der Waals surface area contributed by atoms with Crippen molar-refractivity contribution in [2.75, 3.05) is 23.9 Å². The van der Waals surface area contributed by atoms with E-state index in [-0.39, 0.29) is 5.92 Å². The first-order valence-electron chi connectivity index (χ1n) is 10.5. The van der Waals surface area contributed by atoms with Gasteiger partial charge in [-0.3, -0.25) is 0 Å². The third-order valence-electron chi connectivity index (χ3n) is 5.64. The summed E-state index contributed by atoms with van der Waals surface area (Å²) in [6.07, 6.45) is 2.82. The van der Waals surface area contributed by atoms with E-state index in [0.717, 1.165) is 41.5 Å². The van der Waals surface area contributed by atoms with Gasteiger partial charge >= 0.3 is 0 Å². The number of nitrogens with one attached hydrogen (secondary N) is 1. The monoisotopic (exact) mass is 408 g/mol. The molecule has 0 saturated carbocycles. The third kappa shape index (κ3) is 3.94. The summed E-state index contributed by atoms with van der Waals surface area (Å²) in [4.78, 5) is 11.8. The number of aromatic nitrogens is 2. The Morgan fingerprint density at radius 2 is 1.61 bits per heavy atom. The van der Waals surface area contributed by atoms with Crippen molar-refractivity contribution in [1.82, 2.24) is 9.97 Å². The van der Waals surface area contributed by atoms with Crippen LogP contribution in [0, 0.1) is 0 Å². The topological polar surface area (TPSA) is 50.3 Å². The Hall–Kier alpha value is -3.86. The summed E-state index contributed by atoms with van der Waals surface area (Å²) >= 11 is 0. The molecule has 1 N–H and O–H groups in total. The van der Waals surface area contributed by atoms with E-state index in [1.165, 1.54) is 5.56 Å². The van der Waals surface area contributed by atoms with E-state index >= 15 is 0 Å². The number of hydrogen-bond donors (Lipinski definition) is 1. The number of para-hydroxylation sites is 3. The molecule has 5 rings (SSSR count). The van der Waals surface area contributed by atoms with Crippen LogP contribution < -0.4 is 15.0 Å². The number of benzene rings is 3. The lowest BCUT2D eigenvalue weighted by atomic mass is 9.88. The summed E-state index contributed by atoms with van der Waals surface area (Å²) in [6, 6.07) is 28.7. The summed E-state index contributed by atoms with van der Waals surface area (Å²) in [5.74, 6) is 2.75. The fourth-order valence-corrected chi connectivity index (χ4v) is 4.17. The van der Waals surface area contributed by atoms with Crippen LogP contribution in [-0.4, -0.2) is 23.6 Å². The van der Waals surface area contributed by atoms with Gasteiger partial charge in [0, 0.05) is 35.6 Å². The molecule has 0 radical (unpaired) electrons. The van der Waals surface area contributed by atoms with Crippen LogP contribution in [0.2, 0.25) is 0 Å². The van der Waals surface area contributed by atoms with E-state index in [9.17, 15) is 0 Å². The zero-order chi connectivity index (χ0) is 21.0. The fraction of sp³-hybridized carbons (Fsp3) is 0.154. The molecule has 1 aliphatic rings. The van der Waals surface area contributed by atoms with E-state index in [1.807, 2.05) is 54.7 Å². The van der Waals surface area contributed by atoms with Gasteiger partial charge in [-0.2, -0.15) is 4.98 Å². The van der Waals surface area contributed by atoms with Gasteiger partial charge in [0.05, 0.1) is 7.11 Å². The Morgan fingerprint density at radius 1 is 0.903 bits per heavy atom. The normalized spacial score (nSPS) is 15.3. The van der Waals surface area contributed by atoms with Crippen LogP contribution in [0.1, 0.15) is 17.0 Å². The van der Waals surface area contributed by atoms with Crippen molar-refractivity contribution < 1.29 is 4.74 Å². The molecule has 1 aromatic heterocycles. The van der Waals surface area contributed by atoms with E-state index in [2.05, 4.69) is 51.6 Å². The van der Waals surface area contributed by atoms with Gasteiger partial charge < -0.3 is 15.0 Å². The van der Waals surface area contributed by atoms with E-state index in [1.54, 1.807) is 7.11 Å². The number of rotatable bonds is 5. The molecule has 0 bridgehead atoms. The number of anilines is 4. The molecule has 0 aliphatic carbocycles. The largest absolute Gasteiger partial charge is 0.496 e. The fourth-order valence-electron chi connectivity index (χ4n) is 4.17. The Kier molecular flexibility index (Phi) is 5.23. The molecule has 3 aromatic carbocycles. The molecule has 1 unspecified atom stereocenters. The SMILES string of the molecule is COc1ccccc1C1Cc2cnc(Nc3ccccc3)nc2N(c2ccccc2)C1. The van der Waals surface area contributed by atoms with Gasteiger partial charge in [0.2, 0.25) is 5.95 Å². The highest BCUT2D eigenvalue weighted by molar-refractivity contribution is 5.67. The molecule has 5 heteroatoms. The summed E-state index contributed by atoms with van der Waals surface area (Å²) in [7, 11) is 1.73. The van der Waals surface area contributed by atoms with Crippen molar-refractivity contribution >= 4 is 23.1 Å². The van der Waals surface area contributed by atoms with Gasteiger partial charge in [0.25, 0.3) is 0 Å². The predicted molar refractivity (Wildman–Crippen MR) is 125 cm³/mol. The van der Waals surface area contributed by atoms with Crippen LogP contribution in [0.5, 0.6) is 5.75 Å². The standard InChI is InChI=1S/C26H24N4O/c1-31-24-15-9-8-14-23(24)20-16-19-17-27-26(28-21-10-4-2-5-11-21)29-25(19)30(18-20)22-12-6-3-7-13-22/h2-15,17,20H,16,18H2,1H3,(H,27,28,29). The molecular weight excluding hydrogens is 384 g/mol. The molecule has 0 amide bonds. The zero-order valence-corrected chi connectivity index (χ0v) is 17.4. The van der Waals surface area contributed by atoms with Crippen molar-refractivity contribution in [3.05, 3.63) is 102 Å². The maximum absolute atomic E-state index is 5.65. The summed E-state index contributed by atoms with van der Waals surface area (Å²) in [5, 5.41) is 3.32. The number of fused-ring (bicyclic) bond motifs is 1. The molecule has 1 atom stereocenters. The smallest absolute Gasteiger partial charge is 0.229 e. The maximum atomic E-state index is 5.65. The Morgan fingerprint density at radius 3 is 2.39 bits per heavy atom. The highest BCUT2D eigenvalue weighted by Crippen LogP contribution is 2.40. The zero-order valence-electron chi connectivity index (χ0n) is 17.4. The predicted octanol–water partition coefficient (Wildman–Crippen LogP) is 5.71. The Bertz CT molecular complexity index is 1160. The van der Waals surface area contributed by atoms with Crippen LogP contribution >= 0.6 is 0 Å². The molecule has 4 aromatic rings. The second-order valence-electron chi connectivity index (χ2n) is 7.62. The van der Waals surface area contributed by atoms with Crippen LogP contribution in [0.25, 0.3) is 0 Å². The van der Waals surface area contributed by atoms with Crippen molar-refractivity contribution in [2.24, 2.45) is 0 Å². The van der Waals surface area contributed by atoms with Gasteiger partial charge in [0.15, 0.2) is 0 Å². The highest BCUT2D eigenvalue weighted by Gasteiger charge is 2.30. The Labute approximate surface area is 182 Å². The van der Waals surface area contributed by atoms with Crippen LogP contribution in [0.15, 0.2) is 91.1 Å². The van der Waals surface area contributed by atoms with Crippen LogP contribution in [0.3, 0.4) is 0 Å². The molecular formula is C26H24N4O. The van der Waals surface area contributed by atoms with E-state index in [0.29, 0.717) is 5.95 Å².